The zero-order valence-corrected chi connectivity index (χ0v) is 11.9. The highest BCUT2D eigenvalue weighted by molar-refractivity contribution is 7.91. The fourth-order valence-corrected chi connectivity index (χ4v) is 2.70. The van der Waals surface area contributed by atoms with E-state index in [2.05, 4.69) is 17.6 Å². The predicted octanol–water partition coefficient (Wildman–Crippen LogP) is 1.89. The number of nitrogens with one attached hydrogen (secondary N) is 2. The highest BCUT2D eigenvalue weighted by Gasteiger charge is 2.15. The Morgan fingerprint density at radius 1 is 1.06 bits per heavy atom. The molecule has 0 aliphatic heterocycles. The largest absolute Gasteiger partial charge is 0.383 e. The topological polar surface area (TPSA) is 58.2 Å². The summed E-state index contributed by atoms with van der Waals surface area (Å²) in [6.45, 7) is 6.31. The minimum atomic E-state index is -3.16. The van der Waals surface area contributed by atoms with Crippen molar-refractivity contribution in [2.24, 2.45) is 0 Å². The molecule has 1 rings (SSSR count). The van der Waals surface area contributed by atoms with E-state index in [1.807, 2.05) is 12.1 Å². The van der Waals surface area contributed by atoms with E-state index in [-0.39, 0.29) is 5.75 Å². The van der Waals surface area contributed by atoms with Gasteiger partial charge >= 0.3 is 0 Å². The van der Waals surface area contributed by atoms with Gasteiger partial charge in [0.25, 0.3) is 0 Å². The number of para-hydroxylation sites is 1. The molecule has 1 aromatic carbocycles. The highest BCUT2D eigenvalue weighted by atomic mass is 32.2. The number of anilines is 1. The van der Waals surface area contributed by atoms with Crippen LogP contribution in [0.3, 0.4) is 0 Å². The van der Waals surface area contributed by atoms with E-state index < -0.39 is 9.84 Å². The van der Waals surface area contributed by atoms with Gasteiger partial charge in [-0.15, -0.1) is 0 Å². The molecule has 0 aliphatic carbocycles. The summed E-state index contributed by atoms with van der Waals surface area (Å²) in [6, 6.07) is 7.06. The highest BCUT2D eigenvalue weighted by Crippen LogP contribution is 2.21. The van der Waals surface area contributed by atoms with E-state index in [1.54, 1.807) is 19.1 Å². The molecule has 1 aromatic rings. The molecule has 0 atom stereocenters. The van der Waals surface area contributed by atoms with Gasteiger partial charge in [-0.1, -0.05) is 26.0 Å². The smallest absolute Gasteiger partial charge is 0.180 e. The standard InChI is InChI=1S/C13H22N2O2S/c1-3-9-14-10-11-15-12-7-5-6-8-13(12)18(16,17)4-2/h5-8,14-15H,3-4,9-11H2,1-2H3. The summed E-state index contributed by atoms with van der Waals surface area (Å²) >= 11 is 0. The van der Waals surface area contributed by atoms with Crippen LogP contribution in [0.5, 0.6) is 0 Å². The minimum absolute atomic E-state index is 0.125. The van der Waals surface area contributed by atoms with Gasteiger partial charge in [0.2, 0.25) is 0 Å². The average molecular weight is 270 g/mol. The zero-order valence-electron chi connectivity index (χ0n) is 11.1. The minimum Gasteiger partial charge on any atom is -0.383 e. The van der Waals surface area contributed by atoms with Gasteiger partial charge < -0.3 is 10.6 Å². The summed E-state index contributed by atoms with van der Waals surface area (Å²) in [7, 11) is -3.16. The molecule has 0 unspecified atom stereocenters. The molecule has 0 fully saturated rings. The molecule has 0 aliphatic rings. The first kappa shape index (κ1) is 15.0. The van der Waals surface area contributed by atoms with Crippen molar-refractivity contribution in [2.75, 3.05) is 30.7 Å². The fraction of sp³-hybridized carbons (Fsp3) is 0.538. The fourth-order valence-electron chi connectivity index (χ4n) is 1.63. The summed E-state index contributed by atoms with van der Waals surface area (Å²) in [4.78, 5) is 0.392. The molecule has 0 saturated heterocycles. The van der Waals surface area contributed by atoms with Gasteiger partial charge in [-0.05, 0) is 25.1 Å². The lowest BCUT2D eigenvalue weighted by Gasteiger charge is -2.12. The van der Waals surface area contributed by atoms with Crippen LogP contribution in [0.15, 0.2) is 29.2 Å². The number of hydrogen-bond acceptors (Lipinski definition) is 4. The molecule has 0 amide bonds. The molecule has 0 saturated carbocycles. The number of benzene rings is 1. The van der Waals surface area contributed by atoms with Crippen molar-refractivity contribution in [1.29, 1.82) is 0 Å². The predicted molar refractivity (Wildman–Crippen MR) is 75.8 cm³/mol. The summed E-state index contributed by atoms with van der Waals surface area (Å²) in [5, 5.41) is 6.44. The molecule has 2 N–H and O–H groups in total. The van der Waals surface area contributed by atoms with Crippen LogP contribution in [-0.4, -0.2) is 33.8 Å². The Morgan fingerprint density at radius 3 is 2.44 bits per heavy atom. The van der Waals surface area contributed by atoms with Crippen LogP contribution >= 0.6 is 0 Å². The summed E-state index contributed by atoms with van der Waals surface area (Å²) in [5.41, 5.74) is 0.692. The molecule has 0 bridgehead atoms. The average Bonchev–Trinajstić information content (AvgIpc) is 2.39. The Hall–Kier alpha value is -1.07. The van der Waals surface area contributed by atoms with E-state index in [9.17, 15) is 8.42 Å². The van der Waals surface area contributed by atoms with Crippen LogP contribution in [0.2, 0.25) is 0 Å². The van der Waals surface area contributed by atoms with E-state index in [4.69, 9.17) is 0 Å². The lowest BCUT2D eigenvalue weighted by Crippen LogP contribution is -2.23. The lowest BCUT2D eigenvalue weighted by atomic mass is 10.3. The van der Waals surface area contributed by atoms with Crippen molar-refractivity contribution in [2.45, 2.75) is 25.2 Å². The van der Waals surface area contributed by atoms with Crippen LogP contribution in [-0.2, 0) is 9.84 Å². The molecular weight excluding hydrogens is 248 g/mol. The molecule has 0 spiro atoms. The normalized spacial score (nSPS) is 11.4. The van der Waals surface area contributed by atoms with Crippen molar-refractivity contribution in [3.05, 3.63) is 24.3 Å². The Balaban J connectivity index is 2.66. The van der Waals surface area contributed by atoms with E-state index in [1.165, 1.54) is 0 Å². The molecule has 0 aromatic heterocycles. The second kappa shape index (κ2) is 7.38. The molecule has 0 heterocycles. The molecule has 102 valence electrons. The summed E-state index contributed by atoms with van der Waals surface area (Å²) in [6.07, 6.45) is 1.10. The Bertz CT molecular complexity index is 458. The second-order valence-corrected chi connectivity index (χ2v) is 6.32. The van der Waals surface area contributed by atoms with Crippen molar-refractivity contribution < 1.29 is 8.42 Å². The quantitative estimate of drug-likeness (QED) is 0.708. The maximum atomic E-state index is 11.9. The van der Waals surface area contributed by atoms with Gasteiger partial charge in [0, 0.05) is 13.1 Å². The monoisotopic (exact) mass is 270 g/mol. The number of sulfone groups is 1. The number of hydrogen-bond donors (Lipinski definition) is 2. The van der Waals surface area contributed by atoms with E-state index in [0.717, 1.165) is 26.1 Å². The molecule has 0 radical (unpaired) electrons. The van der Waals surface area contributed by atoms with Crippen LogP contribution in [0.1, 0.15) is 20.3 Å². The third kappa shape index (κ3) is 4.31. The lowest BCUT2D eigenvalue weighted by molar-refractivity contribution is 0.597. The first-order chi connectivity index (χ1) is 8.61. The van der Waals surface area contributed by atoms with E-state index in [0.29, 0.717) is 10.6 Å². The van der Waals surface area contributed by atoms with Gasteiger partial charge in [-0.25, -0.2) is 8.42 Å². The maximum Gasteiger partial charge on any atom is 0.180 e. The van der Waals surface area contributed by atoms with Crippen molar-refractivity contribution >= 4 is 15.5 Å². The molecular formula is C13H22N2O2S. The second-order valence-electron chi connectivity index (χ2n) is 4.08. The van der Waals surface area contributed by atoms with Gasteiger partial charge in [0.15, 0.2) is 9.84 Å². The van der Waals surface area contributed by atoms with Crippen LogP contribution < -0.4 is 10.6 Å². The maximum absolute atomic E-state index is 11.9. The SMILES string of the molecule is CCCNCCNc1ccccc1S(=O)(=O)CC. The summed E-state index contributed by atoms with van der Waals surface area (Å²) < 4.78 is 23.8. The Labute approximate surface area is 110 Å². The first-order valence-corrected chi connectivity index (χ1v) is 8.03. The number of rotatable bonds is 8. The molecule has 5 heteroatoms. The van der Waals surface area contributed by atoms with Gasteiger partial charge in [0.05, 0.1) is 16.3 Å². The van der Waals surface area contributed by atoms with Gasteiger partial charge in [0.1, 0.15) is 0 Å². The van der Waals surface area contributed by atoms with E-state index >= 15 is 0 Å². The zero-order chi connectivity index (χ0) is 13.4. The van der Waals surface area contributed by atoms with Crippen molar-refractivity contribution in [3.63, 3.8) is 0 Å². The van der Waals surface area contributed by atoms with Crippen molar-refractivity contribution in [3.8, 4) is 0 Å². The Morgan fingerprint density at radius 2 is 1.78 bits per heavy atom. The Kier molecular flexibility index (Phi) is 6.15. The molecule has 4 nitrogen and oxygen atoms in total. The van der Waals surface area contributed by atoms with Crippen molar-refractivity contribution in [1.82, 2.24) is 5.32 Å². The van der Waals surface area contributed by atoms with Crippen LogP contribution in [0, 0.1) is 0 Å². The van der Waals surface area contributed by atoms with Gasteiger partial charge in [-0.3, -0.25) is 0 Å². The van der Waals surface area contributed by atoms with Crippen LogP contribution in [0.4, 0.5) is 5.69 Å². The van der Waals surface area contributed by atoms with Crippen LogP contribution in [0.25, 0.3) is 0 Å². The third-order valence-corrected chi connectivity index (χ3v) is 4.43. The molecule has 18 heavy (non-hydrogen) atoms. The third-order valence-electron chi connectivity index (χ3n) is 2.65. The first-order valence-electron chi connectivity index (χ1n) is 6.38. The van der Waals surface area contributed by atoms with Gasteiger partial charge in [-0.2, -0.15) is 0 Å². The summed E-state index contributed by atoms with van der Waals surface area (Å²) in [5.74, 6) is 0.125.